The average Bonchev–Trinajstić information content (AvgIpc) is 3.39. The normalized spacial score (nSPS) is 24.0. The zero-order valence-corrected chi connectivity index (χ0v) is 29.7. The molecular weight excluding hydrogens is 674 g/mol. The molecule has 0 aliphatic carbocycles. The maximum Gasteiger partial charge on any atom is 0.262 e. The second-order valence-corrected chi connectivity index (χ2v) is 15.5. The number of imide groups is 2. The second kappa shape index (κ2) is 13.7. The number of piperidine rings is 2. The number of amides is 4. The Morgan fingerprint density at radius 3 is 2.42 bits per heavy atom. The van der Waals surface area contributed by atoms with Gasteiger partial charge in [0, 0.05) is 63.5 Å². The zero-order valence-electron chi connectivity index (χ0n) is 29.7. The van der Waals surface area contributed by atoms with E-state index in [2.05, 4.69) is 46.5 Å². The molecule has 1 aromatic heterocycles. The number of phenols is 1. The number of carbonyl (C=O) groups excluding carboxylic acids is 4. The van der Waals surface area contributed by atoms with Gasteiger partial charge in [0.2, 0.25) is 11.8 Å². The molecule has 6 aliphatic heterocycles. The summed E-state index contributed by atoms with van der Waals surface area (Å²) in [6, 6.07) is 14.1. The van der Waals surface area contributed by atoms with Gasteiger partial charge in [0.25, 0.3) is 11.8 Å². The summed E-state index contributed by atoms with van der Waals surface area (Å²) in [5.74, 6) is 0.418. The van der Waals surface area contributed by atoms with Crippen LogP contribution in [0.5, 0.6) is 5.75 Å². The van der Waals surface area contributed by atoms with Gasteiger partial charge in [-0.2, -0.15) is 0 Å². The molecule has 7 heterocycles. The summed E-state index contributed by atoms with van der Waals surface area (Å²) in [6.45, 7) is 10.2. The summed E-state index contributed by atoms with van der Waals surface area (Å²) < 4.78 is 0. The van der Waals surface area contributed by atoms with Crippen LogP contribution in [0.25, 0.3) is 11.3 Å². The van der Waals surface area contributed by atoms with E-state index in [9.17, 15) is 24.3 Å². The minimum Gasteiger partial charge on any atom is -0.507 e. The summed E-state index contributed by atoms with van der Waals surface area (Å²) in [5, 5.41) is 25.0. The molecule has 6 aliphatic rings. The molecule has 14 heteroatoms. The van der Waals surface area contributed by atoms with Crippen molar-refractivity contribution in [1.29, 1.82) is 0 Å². The number of aromatic nitrogens is 2. The number of nitrogens with one attached hydrogen (secondary N) is 2. The van der Waals surface area contributed by atoms with Crippen LogP contribution < -0.4 is 20.4 Å². The summed E-state index contributed by atoms with van der Waals surface area (Å²) >= 11 is 0. The van der Waals surface area contributed by atoms with Gasteiger partial charge in [-0.25, -0.2) is 0 Å². The van der Waals surface area contributed by atoms with Gasteiger partial charge in [-0.15, -0.1) is 10.2 Å². The Kier molecular flexibility index (Phi) is 8.73. The Labute approximate surface area is 308 Å². The summed E-state index contributed by atoms with van der Waals surface area (Å²) in [5.41, 5.74) is 4.02. The monoisotopic (exact) mass is 719 g/mol. The molecule has 9 rings (SSSR count). The number of benzene rings is 2. The Balaban J connectivity index is 0.715. The number of fused-ring (bicyclic) bond motifs is 4. The molecule has 53 heavy (non-hydrogen) atoms. The quantitative estimate of drug-likeness (QED) is 0.293. The van der Waals surface area contributed by atoms with Gasteiger partial charge < -0.3 is 25.1 Å². The maximum absolute atomic E-state index is 13.2. The number of rotatable bonds is 8. The first-order valence-corrected chi connectivity index (χ1v) is 19.0. The van der Waals surface area contributed by atoms with Gasteiger partial charge in [-0.3, -0.25) is 34.3 Å². The first-order valence-electron chi connectivity index (χ1n) is 19.0. The van der Waals surface area contributed by atoms with Gasteiger partial charge in [0.05, 0.1) is 28.6 Å². The standard InChI is InChI=1S/C39H45N9O5/c49-34-4-2-1-3-29(34)31-18-33-36(43-42-31)40-19-27-23-45(15-16-47(27)33)20-24-9-12-44(13-10-24)14-11-25-21-46(22-25)26-5-6-28-30(17-26)39(53)48(38(28)52)32-7-8-35(50)41-37(32)51/h1-6,17-18,24-25,27,32,49H,7-16,19-23H2,(H,40,43)(H,41,50,51)/t27-,32?/m0/s1. The Hall–Kier alpha value is -5.08. The smallest absolute Gasteiger partial charge is 0.262 e. The van der Waals surface area contributed by atoms with E-state index in [1.807, 2.05) is 24.3 Å². The van der Waals surface area contributed by atoms with E-state index in [-0.39, 0.29) is 24.5 Å². The van der Waals surface area contributed by atoms with Crippen molar-refractivity contribution < 1.29 is 24.3 Å². The number of aromatic hydroxyl groups is 1. The molecule has 3 N–H and O–H groups in total. The molecule has 2 atom stereocenters. The van der Waals surface area contributed by atoms with Crippen LogP contribution in [0.4, 0.5) is 17.2 Å². The van der Waals surface area contributed by atoms with Crippen LogP contribution in [0.1, 0.15) is 52.8 Å². The number of likely N-dealkylation sites (tertiary alicyclic amines) is 1. The van der Waals surface area contributed by atoms with Crippen LogP contribution in [-0.2, 0) is 9.59 Å². The van der Waals surface area contributed by atoms with Gasteiger partial charge in [-0.1, -0.05) is 12.1 Å². The first-order chi connectivity index (χ1) is 25.8. The fourth-order valence-electron chi connectivity index (χ4n) is 9.08. The Morgan fingerprint density at radius 1 is 0.792 bits per heavy atom. The third-order valence-electron chi connectivity index (χ3n) is 12.2. The lowest BCUT2D eigenvalue weighted by atomic mass is 9.92. The minimum atomic E-state index is -0.950. The molecule has 14 nitrogen and oxygen atoms in total. The number of nitrogens with zero attached hydrogens (tertiary/aromatic N) is 7. The molecule has 0 spiro atoms. The van der Waals surface area contributed by atoms with Crippen molar-refractivity contribution in [3.8, 4) is 17.0 Å². The van der Waals surface area contributed by atoms with E-state index in [0.29, 0.717) is 40.3 Å². The number of anilines is 3. The van der Waals surface area contributed by atoms with Crippen molar-refractivity contribution in [2.45, 2.75) is 44.2 Å². The predicted molar refractivity (Wildman–Crippen MR) is 198 cm³/mol. The lowest BCUT2D eigenvalue weighted by Crippen LogP contribution is -2.58. The number of piperazine rings is 1. The fourth-order valence-corrected chi connectivity index (χ4v) is 9.08. The summed E-state index contributed by atoms with van der Waals surface area (Å²) in [6.07, 6.45) is 3.85. The van der Waals surface area contributed by atoms with E-state index in [1.165, 1.54) is 12.8 Å². The van der Waals surface area contributed by atoms with Gasteiger partial charge >= 0.3 is 0 Å². The highest BCUT2D eigenvalue weighted by atomic mass is 16.3. The van der Waals surface area contributed by atoms with Crippen molar-refractivity contribution >= 4 is 40.8 Å². The summed E-state index contributed by atoms with van der Waals surface area (Å²) in [4.78, 5) is 61.3. The predicted octanol–water partition coefficient (Wildman–Crippen LogP) is 2.41. The topological polar surface area (TPSA) is 155 Å². The van der Waals surface area contributed by atoms with Crippen LogP contribution in [0, 0.1) is 11.8 Å². The van der Waals surface area contributed by atoms with Crippen LogP contribution in [-0.4, -0.2) is 131 Å². The van der Waals surface area contributed by atoms with E-state index >= 15 is 0 Å². The largest absolute Gasteiger partial charge is 0.507 e. The van der Waals surface area contributed by atoms with Crippen molar-refractivity contribution in [3.63, 3.8) is 0 Å². The highest BCUT2D eigenvalue weighted by molar-refractivity contribution is 6.23. The van der Waals surface area contributed by atoms with E-state index in [1.54, 1.807) is 18.2 Å². The van der Waals surface area contributed by atoms with Crippen LogP contribution in [0.2, 0.25) is 0 Å². The lowest BCUT2D eigenvalue weighted by molar-refractivity contribution is -0.136. The Morgan fingerprint density at radius 2 is 1.60 bits per heavy atom. The van der Waals surface area contributed by atoms with E-state index in [4.69, 9.17) is 0 Å². The highest BCUT2D eigenvalue weighted by Crippen LogP contribution is 2.37. The number of para-hydroxylation sites is 1. The minimum absolute atomic E-state index is 0.108. The van der Waals surface area contributed by atoms with Crippen molar-refractivity contribution in [1.82, 2.24) is 30.2 Å². The number of hydrogen-bond donors (Lipinski definition) is 3. The molecular formula is C39H45N9O5. The molecule has 4 fully saturated rings. The molecule has 0 radical (unpaired) electrons. The van der Waals surface area contributed by atoms with Crippen LogP contribution >= 0.6 is 0 Å². The van der Waals surface area contributed by atoms with Crippen molar-refractivity contribution in [2.24, 2.45) is 11.8 Å². The molecule has 0 bridgehead atoms. The molecule has 4 saturated heterocycles. The van der Waals surface area contributed by atoms with Crippen LogP contribution in [0.3, 0.4) is 0 Å². The number of carbonyl (C=O) groups is 4. The van der Waals surface area contributed by atoms with Crippen molar-refractivity contribution in [2.75, 3.05) is 80.6 Å². The molecule has 276 valence electrons. The molecule has 4 amide bonds. The van der Waals surface area contributed by atoms with Crippen LogP contribution in [0.15, 0.2) is 48.5 Å². The van der Waals surface area contributed by atoms with Gasteiger partial charge in [0.1, 0.15) is 11.8 Å². The van der Waals surface area contributed by atoms with E-state index < -0.39 is 23.8 Å². The third-order valence-corrected chi connectivity index (χ3v) is 12.2. The van der Waals surface area contributed by atoms with Gasteiger partial charge in [-0.05, 0) is 93.6 Å². The molecule has 3 aromatic rings. The first kappa shape index (κ1) is 33.7. The second-order valence-electron chi connectivity index (χ2n) is 15.5. The van der Waals surface area contributed by atoms with Gasteiger partial charge in [0.15, 0.2) is 5.82 Å². The van der Waals surface area contributed by atoms with E-state index in [0.717, 1.165) is 94.0 Å². The molecule has 0 saturated carbocycles. The average molecular weight is 720 g/mol. The molecule has 1 unspecified atom stereocenters. The Bertz CT molecular complexity index is 1960. The van der Waals surface area contributed by atoms with Crippen molar-refractivity contribution in [3.05, 3.63) is 59.7 Å². The maximum atomic E-state index is 13.2. The summed E-state index contributed by atoms with van der Waals surface area (Å²) in [7, 11) is 0. The SMILES string of the molecule is O=C1CCC(N2C(=O)c3ccc(N4CC(CCN5CCC(CN6CCN7c8cc(-c9ccccc9O)nnc8NC[C@H]7C6)CC5)C4)cc3C2=O)C(=O)N1. The lowest BCUT2D eigenvalue weighted by Gasteiger charge is -2.47. The number of phenolic OH excluding ortho intramolecular Hbond substituents is 1. The molecule has 2 aromatic carbocycles. The zero-order chi connectivity index (χ0) is 36.2. The third kappa shape index (κ3) is 6.37. The highest BCUT2D eigenvalue weighted by Gasteiger charge is 2.45. The number of hydrogen-bond acceptors (Lipinski definition) is 12. The fraction of sp³-hybridized carbons (Fsp3) is 0.487.